The van der Waals surface area contributed by atoms with Crippen LogP contribution >= 0.6 is 0 Å². The van der Waals surface area contributed by atoms with E-state index in [0.717, 1.165) is 6.42 Å². The standard InChI is InChI=1S/C17H24N2O2/c1-18-17(21)14-8-5-9-15(12-14)19-16(20)11-10-13-6-3-2-4-7-13/h5,8-9,12-13H,2-4,6-7,10-11H2,1H3,(H,18,21)(H,19,20). The predicted octanol–water partition coefficient (Wildman–Crippen LogP) is 3.35. The number of carbonyl (C=O) groups is 2. The largest absolute Gasteiger partial charge is 0.355 e. The summed E-state index contributed by atoms with van der Waals surface area (Å²) in [5.41, 5.74) is 1.24. The summed E-state index contributed by atoms with van der Waals surface area (Å²) in [7, 11) is 1.60. The highest BCUT2D eigenvalue weighted by molar-refractivity contribution is 5.97. The van der Waals surface area contributed by atoms with E-state index in [4.69, 9.17) is 0 Å². The fourth-order valence-corrected chi connectivity index (χ4v) is 2.92. The van der Waals surface area contributed by atoms with Crippen LogP contribution in [0.15, 0.2) is 24.3 Å². The van der Waals surface area contributed by atoms with Gasteiger partial charge in [0.25, 0.3) is 5.91 Å². The summed E-state index contributed by atoms with van der Waals surface area (Å²) in [6, 6.07) is 7.03. The highest BCUT2D eigenvalue weighted by Crippen LogP contribution is 2.27. The van der Waals surface area contributed by atoms with Crippen LogP contribution < -0.4 is 10.6 Å². The molecule has 0 aromatic heterocycles. The van der Waals surface area contributed by atoms with E-state index in [1.807, 2.05) is 6.07 Å². The van der Waals surface area contributed by atoms with Crippen molar-refractivity contribution in [3.8, 4) is 0 Å². The normalized spacial score (nSPS) is 15.5. The van der Waals surface area contributed by atoms with Crippen molar-refractivity contribution in [3.63, 3.8) is 0 Å². The molecule has 2 amide bonds. The molecule has 0 radical (unpaired) electrons. The van der Waals surface area contributed by atoms with Gasteiger partial charge in [-0.25, -0.2) is 0 Å². The molecule has 1 aromatic rings. The minimum atomic E-state index is -0.145. The van der Waals surface area contributed by atoms with Crippen LogP contribution in [-0.2, 0) is 4.79 Å². The lowest BCUT2D eigenvalue weighted by Crippen LogP contribution is -2.18. The summed E-state index contributed by atoms with van der Waals surface area (Å²) in [5, 5.41) is 5.46. The van der Waals surface area contributed by atoms with Gasteiger partial charge in [-0.2, -0.15) is 0 Å². The van der Waals surface area contributed by atoms with Crippen molar-refractivity contribution in [2.24, 2.45) is 5.92 Å². The van der Waals surface area contributed by atoms with Crippen molar-refractivity contribution in [3.05, 3.63) is 29.8 Å². The monoisotopic (exact) mass is 288 g/mol. The van der Waals surface area contributed by atoms with Gasteiger partial charge in [-0.15, -0.1) is 0 Å². The second kappa shape index (κ2) is 7.81. The second-order valence-electron chi connectivity index (χ2n) is 5.75. The van der Waals surface area contributed by atoms with Gasteiger partial charge in [-0.1, -0.05) is 38.2 Å². The third kappa shape index (κ3) is 4.88. The van der Waals surface area contributed by atoms with Gasteiger partial charge < -0.3 is 10.6 Å². The highest BCUT2D eigenvalue weighted by Gasteiger charge is 2.15. The van der Waals surface area contributed by atoms with Crippen molar-refractivity contribution >= 4 is 17.5 Å². The summed E-state index contributed by atoms with van der Waals surface area (Å²) in [5.74, 6) is 0.602. The molecular formula is C17H24N2O2. The molecule has 0 atom stereocenters. The molecule has 1 aliphatic carbocycles. The lowest BCUT2D eigenvalue weighted by atomic mass is 9.86. The van der Waals surface area contributed by atoms with Crippen LogP contribution in [0.2, 0.25) is 0 Å². The molecule has 1 aromatic carbocycles. The molecule has 0 spiro atoms. The minimum Gasteiger partial charge on any atom is -0.355 e. The maximum absolute atomic E-state index is 12.0. The van der Waals surface area contributed by atoms with Gasteiger partial charge in [0.15, 0.2) is 0 Å². The zero-order valence-corrected chi connectivity index (χ0v) is 12.7. The third-order valence-electron chi connectivity index (χ3n) is 4.14. The van der Waals surface area contributed by atoms with E-state index in [-0.39, 0.29) is 11.8 Å². The van der Waals surface area contributed by atoms with Crippen LogP contribution in [0.5, 0.6) is 0 Å². The van der Waals surface area contributed by atoms with Crippen molar-refractivity contribution in [2.45, 2.75) is 44.9 Å². The quantitative estimate of drug-likeness (QED) is 0.873. The molecule has 0 heterocycles. The lowest BCUT2D eigenvalue weighted by Gasteiger charge is -2.21. The summed E-state index contributed by atoms with van der Waals surface area (Å²) < 4.78 is 0. The van der Waals surface area contributed by atoms with Gasteiger partial charge in [0.1, 0.15) is 0 Å². The Bertz CT molecular complexity index is 493. The predicted molar refractivity (Wildman–Crippen MR) is 84.3 cm³/mol. The van der Waals surface area contributed by atoms with Gasteiger partial charge in [0, 0.05) is 24.7 Å². The van der Waals surface area contributed by atoms with E-state index in [1.54, 1.807) is 25.2 Å². The van der Waals surface area contributed by atoms with Crippen LogP contribution in [0, 0.1) is 5.92 Å². The first kappa shape index (κ1) is 15.5. The molecule has 2 N–H and O–H groups in total. The molecule has 4 heteroatoms. The van der Waals surface area contributed by atoms with Gasteiger partial charge in [-0.05, 0) is 30.5 Å². The second-order valence-corrected chi connectivity index (χ2v) is 5.75. The molecule has 114 valence electrons. The fraction of sp³-hybridized carbons (Fsp3) is 0.529. The van der Waals surface area contributed by atoms with Crippen LogP contribution in [-0.4, -0.2) is 18.9 Å². The van der Waals surface area contributed by atoms with Crippen LogP contribution in [0.25, 0.3) is 0 Å². The number of hydrogen-bond acceptors (Lipinski definition) is 2. The number of rotatable bonds is 5. The third-order valence-corrected chi connectivity index (χ3v) is 4.14. The van der Waals surface area contributed by atoms with Crippen molar-refractivity contribution < 1.29 is 9.59 Å². The van der Waals surface area contributed by atoms with Crippen molar-refractivity contribution in [1.82, 2.24) is 5.32 Å². The van der Waals surface area contributed by atoms with Gasteiger partial charge in [-0.3, -0.25) is 9.59 Å². The van der Waals surface area contributed by atoms with Crippen LogP contribution in [0.4, 0.5) is 5.69 Å². The smallest absolute Gasteiger partial charge is 0.251 e. The SMILES string of the molecule is CNC(=O)c1cccc(NC(=O)CCC2CCCCC2)c1. The van der Waals surface area contributed by atoms with Crippen molar-refractivity contribution in [2.75, 3.05) is 12.4 Å². The Morgan fingerprint density at radius 1 is 1.19 bits per heavy atom. The molecule has 21 heavy (non-hydrogen) atoms. The Hall–Kier alpha value is -1.84. The number of carbonyl (C=O) groups excluding carboxylic acids is 2. The summed E-state index contributed by atoms with van der Waals surface area (Å²) in [6.45, 7) is 0. The van der Waals surface area contributed by atoms with Gasteiger partial charge in [0.2, 0.25) is 5.91 Å². The van der Waals surface area contributed by atoms with Gasteiger partial charge in [0.05, 0.1) is 0 Å². The number of benzene rings is 1. The minimum absolute atomic E-state index is 0.0367. The zero-order valence-electron chi connectivity index (χ0n) is 12.7. The number of anilines is 1. The number of hydrogen-bond donors (Lipinski definition) is 2. The molecule has 4 nitrogen and oxygen atoms in total. The maximum atomic E-state index is 12.0. The first-order chi connectivity index (χ1) is 10.2. The van der Waals surface area contributed by atoms with E-state index < -0.39 is 0 Å². The summed E-state index contributed by atoms with van der Waals surface area (Å²) >= 11 is 0. The van der Waals surface area contributed by atoms with E-state index in [9.17, 15) is 9.59 Å². The average Bonchev–Trinajstić information content (AvgIpc) is 2.53. The molecule has 0 saturated heterocycles. The van der Waals surface area contributed by atoms with E-state index in [2.05, 4.69) is 10.6 Å². The lowest BCUT2D eigenvalue weighted by molar-refractivity contribution is -0.116. The van der Waals surface area contributed by atoms with E-state index >= 15 is 0 Å². The van der Waals surface area contributed by atoms with Crippen LogP contribution in [0.3, 0.4) is 0 Å². The number of nitrogens with one attached hydrogen (secondary N) is 2. The fourth-order valence-electron chi connectivity index (χ4n) is 2.92. The first-order valence-corrected chi connectivity index (χ1v) is 7.81. The van der Waals surface area contributed by atoms with Crippen molar-refractivity contribution in [1.29, 1.82) is 0 Å². The zero-order chi connectivity index (χ0) is 15.1. The maximum Gasteiger partial charge on any atom is 0.251 e. The average molecular weight is 288 g/mol. The topological polar surface area (TPSA) is 58.2 Å². The first-order valence-electron chi connectivity index (χ1n) is 7.81. The Morgan fingerprint density at radius 2 is 1.95 bits per heavy atom. The van der Waals surface area contributed by atoms with E-state index in [1.165, 1.54) is 32.1 Å². The highest BCUT2D eigenvalue weighted by atomic mass is 16.2. The number of amides is 2. The molecule has 1 saturated carbocycles. The molecular weight excluding hydrogens is 264 g/mol. The Morgan fingerprint density at radius 3 is 2.67 bits per heavy atom. The summed E-state index contributed by atoms with van der Waals surface area (Å²) in [4.78, 5) is 23.6. The Balaban J connectivity index is 1.83. The molecule has 0 unspecified atom stereocenters. The molecule has 1 fully saturated rings. The Labute approximate surface area is 126 Å². The molecule has 0 bridgehead atoms. The van der Waals surface area contributed by atoms with Crippen LogP contribution in [0.1, 0.15) is 55.3 Å². The van der Waals surface area contributed by atoms with E-state index in [0.29, 0.717) is 23.6 Å². The van der Waals surface area contributed by atoms with Gasteiger partial charge >= 0.3 is 0 Å². The Kier molecular flexibility index (Phi) is 5.78. The molecule has 0 aliphatic heterocycles. The molecule has 2 rings (SSSR count). The summed E-state index contributed by atoms with van der Waals surface area (Å²) in [6.07, 6.45) is 8.02. The molecule has 1 aliphatic rings.